The Morgan fingerprint density at radius 3 is 1.62 bits per heavy atom. The third-order valence-corrected chi connectivity index (χ3v) is 1.07. The maximum absolute atomic E-state index is 9.76. The van der Waals surface area contributed by atoms with Crippen molar-refractivity contribution in [1.82, 2.24) is 0 Å². The van der Waals surface area contributed by atoms with Crippen LogP contribution in [-0.4, -0.2) is 33.9 Å². The van der Waals surface area contributed by atoms with E-state index in [0.29, 0.717) is 6.42 Å². The lowest BCUT2D eigenvalue weighted by Gasteiger charge is -1.85. The second-order valence-corrected chi connectivity index (χ2v) is 2.36. The number of carbonyl (C=O) groups is 2. The van der Waals surface area contributed by atoms with Gasteiger partial charge in [0.05, 0.1) is 13.0 Å². The van der Waals surface area contributed by atoms with Crippen molar-refractivity contribution in [2.24, 2.45) is 0 Å². The summed E-state index contributed by atoms with van der Waals surface area (Å²) in [5.41, 5.74) is 0. The first-order valence-electron chi connectivity index (χ1n) is 4.09. The Kier molecular flexibility index (Phi) is 12.1. The van der Waals surface area contributed by atoms with E-state index in [2.05, 4.69) is 0 Å². The highest BCUT2D eigenvalue weighted by atomic mass is 16.4. The van der Waals surface area contributed by atoms with Gasteiger partial charge in [0.15, 0.2) is 0 Å². The molecule has 0 spiro atoms. The molecule has 0 unspecified atom stereocenters. The van der Waals surface area contributed by atoms with E-state index < -0.39 is 11.9 Å². The molecule has 0 amide bonds. The molecule has 0 atom stereocenters. The molecule has 0 aliphatic heterocycles. The van der Waals surface area contributed by atoms with Gasteiger partial charge in [-0.3, -0.25) is 9.59 Å². The Morgan fingerprint density at radius 2 is 1.54 bits per heavy atom. The van der Waals surface area contributed by atoms with Crippen LogP contribution in [0.1, 0.15) is 32.6 Å². The van der Waals surface area contributed by atoms with Crippen LogP contribution in [0.15, 0.2) is 0 Å². The van der Waals surface area contributed by atoms with E-state index in [-0.39, 0.29) is 13.0 Å². The zero-order chi connectivity index (χ0) is 10.7. The van der Waals surface area contributed by atoms with Crippen LogP contribution in [0.25, 0.3) is 0 Å². The van der Waals surface area contributed by atoms with Gasteiger partial charge in [0.25, 0.3) is 0 Å². The molecule has 5 heteroatoms. The molecule has 0 aliphatic carbocycles. The number of aliphatic hydroxyl groups is 1. The molecule has 5 nitrogen and oxygen atoms in total. The van der Waals surface area contributed by atoms with Gasteiger partial charge in [-0.25, -0.2) is 0 Å². The minimum atomic E-state index is -0.961. The van der Waals surface area contributed by atoms with Gasteiger partial charge in [0, 0.05) is 6.42 Å². The van der Waals surface area contributed by atoms with Crippen molar-refractivity contribution >= 4 is 11.9 Å². The zero-order valence-corrected chi connectivity index (χ0v) is 7.69. The van der Waals surface area contributed by atoms with Gasteiger partial charge < -0.3 is 15.3 Å². The van der Waals surface area contributed by atoms with Gasteiger partial charge in [-0.15, -0.1) is 0 Å². The number of hydrogen-bond acceptors (Lipinski definition) is 3. The van der Waals surface area contributed by atoms with Gasteiger partial charge in [-0.1, -0.05) is 13.3 Å². The van der Waals surface area contributed by atoms with Crippen LogP contribution in [0, 0.1) is 0 Å². The van der Waals surface area contributed by atoms with E-state index in [9.17, 15) is 9.59 Å². The van der Waals surface area contributed by atoms with Crippen LogP contribution in [0.5, 0.6) is 0 Å². The Morgan fingerprint density at radius 1 is 1.08 bits per heavy atom. The largest absolute Gasteiger partial charge is 0.481 e. The maximum Gasteiger partial charge on any atom is 0.305 e. The highest BCUT2D eigenvalue weighted by Gasteiger charge is 1.90. The third-order valence-electron chi connectivity index (χ3n) is 1.07. The first-order valence-corrected chi connectivity index (χ1v) is 4.09. The molecule has 0 rings (SSSR count). The third kappa shape index (κ3) is 24.8. The van der Waals surface area contributed by atoms with Crippen molar-refractivity contribution in [3.05, 3.63) is 0 Å². The summed E-state index contributed by atoms with van der Waals surface area (Å²) in [5, 5.41) is 23.7. The van der Waals surface area contributed by atoms with E-state index in [0.717, 1.165) is 12.8 Å². The molecular formula is C8H16O5. The number of hydrogen-bond donors (Lipinski definition) is 3. The maximum atomic E-state index is 9.76. The number of aliphatic hydroxyl groups excluding tert-OH is 1. The molecule has 0 heterocycles. The van der Waals surface area contributed by atoms with Crippen LogP contribution in [-0.2, 0) is 9.59 Å². The van der Waals surface area contributed by atoms with Crippen molar-refractivity contribution in [3.63, 3.8) is 0 Å². The highest BCUT2D eigenvalue weighted by molar-refractivity contribution is 5.66. The fraction of sp³-hybridized carbons (Fsp3) is 0.750. The Labute approximate surface area is 77.0 Å². The molecule has 0 aromatic carbocycles. The molecule has 78 valence electrons. The summed E-state index contributed by atoms with van der Waals surface area (Å²) in [6, 6.07) is 0. The minimum absolute atomic E-state index is 0.153. The van der Waals surface area contributed by atoms with E-state index in [1.807, 2.05) is 6.92 Å². The van der Waals surface area contributed by atoms with Crippen LogP contribution in [0.2, 0.25) is 0 Å². The summed E-state index contributed by atoms with van der Waals surface area (Å²) in [6.07, 6.45) is 1.93. The van der Waals surface area contributed by atoms with E-state index in [1.54, 1.807) is 0 Å². The molecule has 0 saturated carbocycles. The summed E-state index contributed by atoms with van der Waals surface area (Å²) >= 11 is 0. The van der Waals surface area contributed by atoms with Crippen molar-refractivity contribution in [2.75, 3.05) is 6.61 Å². The standard InChI is InChI=1S/C5H10O2.C3H6O3/c1-2-3-4-5(6)7;4-2-1-3(5)6/h2-4H2,1H3,(H,6,7);4H,1-2H2,(H,5,6). The SMILES string of the molecule is CCCCC(=O)O.O=C(O)CCO. The monoisotopic (exact) mass is 192 g/mol. The Balaban J connectivity index is 0. The zero-order valence-electron chi connectivity index (χ0n) is 7.69. The topological polar surface area (TPSA) is 94.8 Å². The predicted molar refractivity (Wildman–Crippen MR) is 46.5 cm³/mol. The molecule has 0 aromatic rings. The highest BCUT2D eigenvalue weighted by Crippen LogP contribution is 1.91. The Bertz CT molecular complexity index is 143. The predicted octanol–water partition coefficient (Wildman–Crippen LogP) is 0.715. The fourth-order valence-corrected chi connectivity index (χ4v) is 0.424. The Hall–Kier alpha value is -1.10. The molecule has 0 aliphatic rings. The number of carboxylic acids is 2. The van der Waals surface area contributed by atoms with Crippen LogP contribution < -0.4 is 0 Å². The number of carboxylic acid groups (broad SMARTS) is 2. The summed E-state index contributed by atoms with van der Waals surface area (Å²) < 4.78 is 0. The van der Waals surface area contributed by atoms with Gasteiger partial charge in [0.2, 0.25) is 0 Å². The molecule has 0 saturated heterocycles. The average molecular weight is 192 g/mol. The first kappa shape index (κ1) is 14.4. The van der Waals surface area contributed by atoms with Crippen molar-refractivity contribution < 1.29 is 24.9 Å². The quantitative estimate of drug-likeness (QED) is 0.596. The number of unbranched alkanes of at least 4 members (excludes halogenated alkanes) is 1. The van der Waals surface area contributed by atoms with E-state index in [4.69, 9.17) is 15.3 Å². The molecule has 3 N–H and O–H groups in total. The molecule has 13 heavy (non-hydrogen) atoms. The number of rotatable bonds is 5. The van der Waals surface area contributed by atoms with Gasteiger partial charge in [-0.2, -0.15) is 0 Å². The second-order valence-electron chi connectivity index (χ2n) is 2.36. The van der Waals surface area contributed by atoms with Crippen molar-refractivity contribution in [2.45, 2.75) is 32.6 Å². The lowest BCUT2D eigenvalue weighted by atomic mass is 10.3. The summed E-state index contributed by atoms with van der Waals surface area (Å²) in [7, 11) is 0. The van der Waals surface area contributed by atoms with Gasteiger partial charge in [0.1, 0.15) is 0 Å². The van der Waals surface area contributed by atoms with Crippen LogP contribution >= 0.6 is 0 Å². The molecule has 0 fully saturated rings. The second kappa shape index (κ2) is 10.9. The van der Waals surface area contributed by atoms with Crippen molar-refractivity contribution in [3.8, 4) is 0 Å². The molecule has 0 radical (unpaired) electrons. The minimum Gasteiger partial charge on any atom is -0.481 e. The summed E-state index contributed by atoms with van der Waals surface area (Å²) in [4.78, 5) is 19.2. The molecule has 0 bridgehead atoms. The fourth-order valence-electron chi connectivity index (χ4n) is 0.424. The first-order chi connectivity index (χ1) is 6.04. The van der Waals surface area contributed by atoms with E-state index in [1.165, 1.54) is 0 Å². The average Bonchev–Trinajstić information content (AvgIpc) is 2.01. The van der Waals surface area contributed by atoms with Gasteiger partial charge in [-0.05, 0) is 6.42 Å². The normalized spacial score (nSPS) is 8.46. The smallest absolute Gasteiger partial charge is 0.305 e. The van der Waals surface area contributed by atoms with Crippen molar-refractivity contribution in [1.29, 1.82) is 0 Å². The lowest BCUT2D eigenvalue weighted by molar-refractivity contribution is -0.138. The van der Waals surface area contributed by atoms with E-state index >= 15 is 0 Å². The van der Waals surface area contributed by atoms with Crippen LogP contribution in [0.4, 0.5) is 0 Å². The molecule has 0 aromatic heterocycles. The molecular weight excluding hydrogens is 176 g/mol. The lowest BCUT2D eigenvalue weighted by Crippen LogP contribution is -1.96. The summed E-state index contributed by atoms with van der Waals surface area (Å²) in [5.74, 6) is -1.65. The number of aliphatic carboxylic acids is 2. The van der Waals surface area contributed by atoms with Crippen LogP contribution in [0.3, 0.4) is 0 Å². The van der Waals surface area contributed by atoms with Gasteiger partial charge >= 0.3 is 11.9 Å². The summed E-state index contributed by atoms with van der Waals surface area (Å²) in [6.45, 7) is 1.71.